The van der Waals surface area contributed by atoms with E-state index in [1.807, 2.05) is 24.3 Å². The summed E-state index contributed by atoms with van der Waals surface area (Å²) >= 11 is 0. The highest BCUT2D eigenvalue weighted by molar-refractivity contribution is 5.65. The second-order valence-corrected chi connectivity index (χ2v) is 4.33. The van der Waals surface area contributed by atoms with E-state index < -0.39 is 6.09 Å². The van der Waals surface area contributed by atoms with Crippen LogP contribution in [-0.2, 0) is 0 Å². The van der Waals surface area contributed by atoms with Gasteiger partial charge in [-0.1, -0.05) is 0 Å². The molecule has 1 aromatic carbocycles. The standard InChI is InChI=1S/C12H17N3O2/c13-9-3-5-11(6-4-9)15-7-1-2-10(8-15)14-12(16)17/h3-6,10,14H,1-2,7-8,13H2,(H,16,17)/t10-/m0/s1. The summed E-state index contributed by atoms with van der Waals surface area (Å²) in [5.74, 6) is 0. The number of anilines is 2. The number of nitrogens with one attached hydrogen (secondary N) is 1. The van der Waals surface area contributed by atoms with Crippen molar-refractivity contribution in [2.24, 2.45) is 0 Å². The molecule has 2 rings (SSSR count). The van der Waals surface area contributed by atoms with E-state index in [0.717, 1.165) is 37.3 Å². The number of piperidine rings is 1. The number of hydrogen-bond acceptors (Lipinski definition) is 3. The average Bonchev–Trinajstić information content (AvgIpc) is 2.29. The lowest BCUT2D eigenvalue weighted by molar-refractivity contribution is 0.188. The van der Waals surface area contributed by atoms with Gasteiger partial charge in [-0.25, -0.2) is 4.79 Å². The van der Waals surface area contributed by atoms with E-state index in [-0.39, 0.29) is 6.04 Å². The zero-order valence-electron chi connectivity index (χ0n) is 9.60. The molecule has 0 radical (unpaired) electrons. The van der Waals surface area contributed by atoms with E-state index in [1.165, 1.54) is 0 Å². The predicted octanol–water partition coefficient (Wildman–Crippen LogP) is 1.51. The molecule has 1 atom stereocenters. The number of rotatable bonds is 2. The molecule has 1 aliphatic rings. The molecular weight excluding hydrogens is 218 g/mol. The maximum absolute atomic E-state index is 10.6. The molecule has 5 nitrogen and oxygen atoms in total. The zero-order chi connectivity index (χ0) is 12.3. The fraction of sp³-hybridized carbons (Fsp3) is 0.417. The molecule has 1 saturated heterocycles. The third kappa shape index (κ3) is 3.03. The van der Waals surface area contributed by atoms with Crippen LogP contribution < -0.4 is 16.0 Å². The third-order valence-corrected chi connectivity index (χ3v) is 3.01. The molecule has 92 valence electrons. The summed E-state index contributed by atoms with van der Waals surface area (Å²) in [6.07, 6.45) is 0.946. The van der Waals surface area contributed by atoms with E-state index in [1.54, 1.807) is 0 Å². The number of nitrogens with zero attached hydrogens (tertiary/aromatic N) is 1. The smallest absolute Gasteiger partial charge is 0.404 e. The van der Waals surface area contributed by atoms with Crippen molar-refractivity contribution in [3.8, 4) is 0 Å². The van der Waals surface area contributed by atoms with Gasteiger partial charge in [-0.3, -0.25) is 0 Å². The Hall–Kier alpha value is -1.91. The highest BCUT2D eigenvalue weighted by atomic mass is 16.4. The van der Waals surface area contributed by atoms with Crippen molar-refractivity contribution in [1.29, 1.82) is 0 Å². The number of carbonyl (C=O) groups is 1. The monoisotopic (exact) mass is 235 g/mol. The van der Waals surface area contributed by atoms with Gasteiger partial charge in [0, 0.05) is 30.5 Å². The molecule has 1 fully saturated rings. The molecule has 0 spiro atoms. The molecule has 0 aromatic heterocycles. The van der Waals surface area contributed by atoms with Gasteiger partial charge in [0.25, 0.3) is 0 Å². The first kappa shape index (κ1) is 11.6. The van der Waals surface area contributed by atoms with Crippen molar-refractivity contribution in [2.75, 3.05) is 23.7 Å². The van der Waals surface area contributed by atoms with Gasteiger partial charge < -0.3 is 21.1 Å². The Morgan fingerprint density at radius 2 is 2.12 bits per heavy atom. The third-order valence-electron chi connectivity index (χ3n) is 3.01. The largest absolute Gasteiger partial charge is 0.465 e. The van der Waals surface area contributed by atoms with Crippen LogP contribution in [0.4, 0.5) is 16.2 Å². The lowest BCUT2D eigenvalue weighted by Gasteiger charge is -2.34. The van der Waals surface area contributed by atoms with Crippen molar-refractivity contribution in [3.63, 3.8) is 0 Å². The first-order valence-electron chi connectivity index (χ1n) is 5.75. The molecule has 1 aromatic rings. The lowest BCUT2D eigenvalue weighted by atomic mass is 10.1. The van der Waals surface area contributed by atoms with Crippen LogP contribution >= 0.6 is 0 Å². The fourth-order valence-corrected chi connectivity index (χ4v) is 2.19. The van der Waals surface area contributed by atoms with Crippen LogP contribution in [0.2, 0.25) is 0 Å². The van der Waals surface area contributed by atoms with Crippen molar-refractivity contribution in [2.45, 2.75) is 18.9 Å². The Kier molecular flexibility index (Phi) is 3.37. The normalized spacial score (nSPS) is 20.0. The fourth-order valence-electron chi connectivity index (χ4n) is 2.19. The van der Waals surface area contributed by atoms with E-state index in [9.17, 15) is 4.79 Å². The van der Waals surface area contributed by atoms with Crippen LogP contribution in [-0.4, -0.2) is 30.3 Å². The number of nitrogen functional groups attached to an aromatic ring is 1. The minimum Gasteiger partial charge on any atom is -0.465 e. The number of amides is 1. The molecule has 5 heteroatoms. The second kappa shape index (κ2) is 4.95. The van der Waals surface area contributed by atoms with Crippen LogP contribution in [0.1, 0.15) is 12.8 Å². The van der Waals surface area contributed by atoms with Crippen molar-refractivity contribution in [3.05, 3.63) is 24.3 Å². The van der Waals surface area contributed by atoms with Crippen LogP contribution in [0.3, 0.4) is 0 Å². The van der Waals surface area contributed by atoms with Gasteiger partial charge in [-0.15, -0.1) is 0 Å². The highest BCUT2D eigenvalue weighted by Crippen LogP contribution is 2.21. The number of nitrogens with two attached hydrogens (primary N) is 1. The molecular formula is C12H17N3O2. The molecule has 4 N–H and O–H groups in total. The SMILES string of the molecule is Nc1ccc(N2CCC[C@H](NC(=O)O)C2)cc1. The van der Waals surface area contributed by atoms with Crippen molar-refractivity contribution < 1.29 is 9.90 Å². The minimum absolute atomic E-state index is 0.0128. The van der Waals surface area contributed by atoms with Crippen molar-refractivity contribution in [1.82, 2.24) is 5.32 Å². The van der Waals surface area contributed by atoms with E-state index in [2.05, 4.69) is 10.2 Å². The van der Waals surface area contributed by atoms with Gasteiger partial charge in [-0.2, -0.15) is 0 Å². The first-order valence-corrected chi connectivity index (χ1v) is 5.75. The van der Waals surface area contributed by atoms with Gasteiger partial charge >= 0.3 is 6.09 Å². The van der Waals surface area contributed by atoms with Crippen LogP contribution in [0.5, 0.6) is 0 Å². The quantitative estimate of drug-likeness (QED) is 0.679. The van der Waals surface area contributed by atoms with Crippen LogP contribution in [0.15, 0.2) is 24.3 Å². The Morgan fingerprint density at radius 3 is 2.76 bits per heavy atom. The topological polar surface area (TPSA) is 78.6 Å². The lowest BCUT2D eigenvalue weighted by Crippen LogP contribution is -2.47. The predicted molar refractivity (Wildman–Crippen MR) is 67.2 cm³/mol. The average molecular weight is 235 g/mol. The molecule has 0 bridgehead atoms. The van der Waals surface area contributed by atoms with E-state index >= 15 is 0 Å². The molecule has 1 amide bonds. The summed E-state index contributed by atoms with van der Waals surface area (Å²) in [4.78, 5) is 12.8. The molecule has 0 saturated carbocycles. The maximum atomic E-state index is 10.6. The summed E-state index contributed by atoms with van der Waals surface area (Å²) in [5.41, 5.74) is 7.48. The number of carboxylic acid groups (broad SMARTS) is 1. The highest BCUT2D eigenvalue weighted by Gasteiger charge is 2.21. The summed E-state index contributed by atoms with van der Waals surface area (Å²) in [7, 11) is 0. The molecule has 17 heavy (non-hydrogen) atoms. The molecule has 0 unspecified atom stereocenters. The summed E-state index contributed by atoms with van der Waals surface area (Å²) in [5, 5.41) is 11.3. The van der Waals surface area contributed by atoms with Gasteiger partial charge in [0.15, 0.2) is 0 Å². The number of benzene rings is 1. The van der Waals surface area contributed by atoms with E-state index in [0.29, 0.717) is 0 Å². The Labute approximate surface area is 100 Å². The van der Waals surface area contributed by atoms with Gasteiger partial charge in [0.05, 0.1) is 0 Å². The summed E-state index contributed by atoms with van der Waals surface area (Å²) in [6, 6.07) is 7.68. The van der Waals surface area contributed by atoms with Crippen molar-refractivity contribution >= 4 is 17.5 Å². The minimum atomic E-state index is -0.950. The maximum Gasteiger partial charge on any atom is 0.404 e. The molecule has 1 heterocycles. The van der Waals surface area contributed by atoms with E-state index in [4.69, 9.17) is 10.8 Å². The van der Waals surface area contributed by atoms with Crippen LogP contribution in [0.25, 0.3) is 0 Å². The summed E-state index contributed by atoms with van der Waals surface area (Å²) in [6.45, 7) is 1.68. The number of hydrogen-bond donors (Lipinski definition) is 3. The zero-order valence-corrected chi connectivity index (χ0v) is 9.60. The van der Waals surface area contributed by atoms with Gasteiger partial charge in [-0.05, 0) is 37.1 Å². The van der Waals surface area contributed by atoms with Crippen LogP contribution in [0, 0.1) is 0 Å². The molecule has 1 aliphatic heterocycles. The summed E-state index contributed by atoms with van der Waals surface area (Å²) < 4.78 is 0. The second-order valence-electron chi connectivity index (χ2n) is 4.33. The Bertz CT molecular complexity index is 391. The Morgan fingerprint density at radius 1 is 1.41 bits per heavy atom. The van der Waals surface area contributed by atoms with Gasteiger partial charge in [0.1, 0.15) is 0 Å². The van der Waals surface area contributed by atoms with Gasteiger partial charge in [0.2, 0.25) is 0 Å². The Balaban J connectivity index is 2.01. The molecule has 0 aliphatic carbocycles. The first-order chi connectivity index (χ1) is 8.15.